The Morgan fingerprint density at radius 3 is 1.62 bits per heavy atom. The number of nitrogens with zero attached hydrogens (tertiary/aromatic N) is 1. The Kier molecular flexibility index (Phi) is 7.29. The number of hydrogen-bond acceptors (Lipinski definition) is 1. The smallest absolute Gasteiger partial charge is 0.00844 e. The minimum absolute atomic E-state index is 1.00. The Morgan fingerprint density at radius 2 is 1.38 bits per heavy atom. The molecule has 13 heavy (non-hydrogen) atoms. The molecule has 1 nitrogen and oxygen atoms in total. The maximum atomic E-state index is 6.38. The third-order valence-corrected chi connectivity index (χ3v) is 4.31. The molecule has 0 atom stereocenters. The van der Waals surface area contributed by atoms with E-state index in [1.807, 2.05) is 0 Å². The van der Waals surface area contributed by atoms with Gasteiger partial charge in [0.15, 0.2) is 0 Å². The van der Waals surface area contributed by atoms with Crippen LogP contribution in [0.25, 0.3) is 0 Å². The first kappa shape index (κ1) is 13.6. The highest BCUT2D eigenvalue weighted by molar-refractivity contribution is 8.48. The minimum Gasteiger partial charge on any atom is -0.256 e. The van der Waals surface area contributed by atoms with Crippen LogP contribution in [-0.4, -0.2) is 29.9 Å². The van der Waals surface area contributed by atoms with Gasteiger partial charge in [0.25, 0.3) is 0 Å². The lowest BCUT2D eigenvalue weighted by molar-refractivity contribution is 0.439. The Balaban J connectivity index is 3.88. The molecular formula is C10H24ClNS. The number of halogens is 1. The van der Waals surface area contributed by atoms with Crippen LogP contribution in [0, 0.1) is 0 Å². The van der Waals surface area contributed by atoms with Gasteiger partial charge in [-0.25, -0.2) is 0 Å². The van der Waals surface area contributed by atoms with Crippen molar-refractivity contribution in [3.63, 3.8) is 0 Å². The molecule has 0 saturated heterocycles. The van der Waals surface area contributed by atoms with E-state index in [9.17, 15) is 0 Å². The van der Waals surface area contributed by atoms with Gasteiger partial charge in [-0.15, -0.1) is 9.43 Å². The van der Waals surface area contributed by atoms with Crippen molar-refractivity contribution in [3.8, 4) is 0 Å². The average molecular weight is 226 g/mol. The van der Waals surface area contributed by atoms with Gasteiger partial charge in [0.2, 0.25) is 0 Å². The molecule has 0 aromatic rings. The van der Waals surface area contributed by atoms with Gasteiger partial charge in [-0.05, 0) is 25.4 Å². The second kappa shape index (κ2) is 6.97. The van der Waals surface area contributed by atoms with Crippen LogP contribution < -0.4 is 0 Å². The van der Waals surface area contributed by atoms with Gasteiger partial charge >= 0.3 is 0 Å². The Bertz CT molecular complexity index is 115. The van der Waals surface area contributed by atoms with E-state index in [0.717, 1.165) is 0 Å². The van der Waals surface area contributed by atoms with E-state index in [4.69, 9.17) is 10.7 Å². The summed E-state index contributed by atoms with van der Waals surface area (Å²) in [5.41, 5.74) is 0. The predicted octanol–water partition coefficient (Wildman–Crippen LogP) is 4.02. The van der Waals surface area contributed by atoms with Crippen LogP contribution in [0.3, 0.4) is 0 Å². The summed E-state index contributed by atoms with van der Waals surface area (Å²) in [7, 11) is 5.38. The predicted molar refractivity (Wildman–Crippen MR) is 66.7 cm³/mol. The summed E-state index contributed by atoms with van der Waals surface area (Å²) in [6, 6.07) is 0. The molecule has 0 aliphatic rings. The van der Waals surface area contributed by atoms with E-state index in [0.29, 0.717) is 0 Å². The zero-order chi connectivity index (χ0) is 10.3. The van der Waals surface area contributed by atoms with Crippen LogP contribution in [0.2, 0.25) is 0 Å². The molecule has 0 saturated carbocycles. The first-order valence-corrected chi connectivity index (χ1v) is 8.43. The number of hydrogen-bond donors (Lipinski definition) is 0. The molecule has 0 radical (unpaired) electrons. The maximum absolute atomic E-state index is 6.38. The van der Waals surface area contributed by atoms with Gasteiger partial charge < -0.3 is 0 Å². The first-order valence-electron chi connectivity index (χ1n) is 5.20. The molecule has 0 aliphatic heterocycles. The molecule has 0 rings (SSSR count). The van der Waals surface area contributed by atoms with E-state index >= 15 is 0 Å². The Hall–Kier alpha value is 0.600. The SMILES string of the molecule is CCCCN(CCCC)S(C)(C)Cl. The summed E-state index contributed by atoms with van der Waals surface area (Å²) in [6.45, 7) is 6.80. The first-order chi connectivity index (χ1) is 6.02. The molecule has 0 amide bonds. The fraction of sp³-hybridized carbons (Fsp3) is 1.00. The second-order valence-corrected chi connectivity index (χ2v) is 8.87. The second-order valence-electron chi connectivity index (χ2n) is 3.79. The third-order valence-electron chi connectivity index (χ3n) is 2.14. The van der Waals surface area contributed by atoms with Crippen molar-refractivity contribution in [1.29, 1.82) is 0 Å². The summed E-state index contributed by atoms with van der Waals surface area (Å²) in [5.74, 6) is 0. The van der Waals surface area contributed by atoms with Gasteiger partial charge in [-0.2, -0.15) is 0 Å². The molecule has 0 bridgehead atoms. The van der Waals surface area contributed by atoms with Gasteiger partial charge in [0.05, 0.1) is 0 Å². The van der Waals surface area contributed by atoms with E-state index < -0.39 is 9.43 Å². The highest BCUT2D eigenvalue weighted by Crippen LogP contribution is 2.49. The molecule has 0 aromatic carbocycles. The van der Waals surface area contributed by atoms with Gasteiger partial charge in [-0.3, -0.25) is 4.31 Å². The molecule has 0 spiro atoms. The zero-order valence-electron chi connectivity index (χ0n) is 9.48. The van der Waals surface area contributed by atoms with Crippen molar-refractivity contribution in [2.24, 2.45) is 0 Å². The monoisotopic (exact) mass is 225 g/mol. The fourth-order valence-electron chi connectivity index (χ4n) is 1.21. The van der Waals surface area contributed by atoms with Crippen LogP contribution >= 0.6 is 20.1 Å². The average Bonchev–Trinajstić information content (AvgIpc) is 2.02. The third kappa shape index (κ3) is 6.64. The highest BCUT2D eigenvalue weighted by Gasteiger charge is 2.17. The topological polar surface area (TPSA) is 3.24 Å². The van der Waals surface area contributed by atoms with Crippen molar-refractivity contribution >= 4 is 20.1 Å². The van der Waals surface area contributed by atoms with Crippen molar-refractivity contribution in [1.82, 2.24) is 4.31 Å². The molecule has 0 N–H and O–H groups in total. The zero-order valence-corrected chi connectivity index (χ0v) is 11.0. The molecular weight excluding hydrogens is 202 g/mol. The molecule has 3 heteroatoms. The summed E-state index contributed by atoms with van der Waals surface area (Å²) in [4.78, 5) is 0. The van der Waals surface area contributed by atoms with Gasteiger partial charge in [0.1, 0.15) is 0 Å². The lowest BCUT2D eigenvalue weighted by Crippen LogP contribution is -2.26. The summed E-state index contributed by atoms with van der Waals surface area (Å²) >= 11 is 0. The van der Waals surface area contributed by atoms with E-state index in [1.54, 1.807) is 0 Å². The van der Waals surface area contributed by atoms with Crippen molar-refractivity contribution in [3.05, 3.63) is 0 Å². The Labute approximate surface area is 89.8 Å². The molecule has 0 aromatic heterocycles. The standard InChI is InChI=1S/C10H24ClNS/c1-5-7-9-12(10-8-6-2)13(3,4)11/h5-10H2,1-4H3. The quantitative estimate of drug-likeness (QED) is 0.633. The van der Waals surface area contributed by atoms with Crippen molar-refractivity contribution in [2.75, 3.05) is 25.6 Å². The lowest BCUT2D eigenvalue weighted by Gasteiger charge is -2.37. The highest BCUT2D eigenvalue weighted by atomic mass is 35.7. The molecule has 0 heterocycles. The minimum atomic E-state index is -1.00. The van der Waals surface area contributed by atoms with Crippen molar-refractivity contribution in [2.45, 2.75) is 39.5 Å². The summed E-state index contributed by atoms with van der Waals surface area (Å²) in [5, 5.41) is 0. The molecule has 0 fully saturated rings. The summed E-state index contributed by atoms with van der Waals surface area (Å²) < 4.78 is 2.46. The van der Waals surface area contributed by atoms with E-state index in [-0.39, 0.29) is 0 Å². The summed E-state index contributed by atoms with van der Waals surface area (Å²) in [6.07, 6.45) is 9.39. The maximum Gasteiger partial charge on any atom is 0.00844 e. The van der Waals surface area contributed by atoms with E-state index in [1.165, 1.54) is 38.8 Å². The molecule has 0 aliphatic carbocycles. The Morgan fingerprint density at radius 1 is 1.00 bits per heavy atom. The van der Waals surface area contributed by atoms with Crippen LogP contribution in [0.1, 0.15) is 39.5 Å². The van der Waals surface area contributed by atoms with Crippen LogP contribution in [-0.2, 0) is 0 Å². The normalized spacial score (nSPS) is 13.7. The number of unbranched alkanes of at least 4 members (excludes halogenated alkanes) is 2. The van der Waals surface area contributed by atoms with E-state index in [2.05, 4.69) is 30.7 Å². The molecule has 0 unspecified atom stereocenters. The van der Waals surface area contributed by atoms with Gasteiger partial charge in [-0.1, -0.05) is 37.4 Å². The van der Waals surface area contributed by atoms with Gasteiger partial charge in [0, 0.05) is 13.1 Å². The van der Waals surface area contributed by atoms with Crippen LogP contribution in [0.15, 0.2) is 0 Å². The van der Waals surface area contributed by atoms with Crippen molar-refractivity contribution < 1.29 is 0 Å². The largest absolute Gasteiger partial charge is 0.256 e. The lowest BCUT2D eigenvalue weighted by atomic mass is 10.3. The number of rotatable bonds is 7. The fourth-order valence-corrected chi connectivity index (χ4v) is 2.76. The molecule has 82 valence electrons. The van der Waals surface area contributed by atoms with Crippen LogP contribution in [0.5, 0.6) is 0 Å². The van der Waals surface area contributed by atoms with Crippen LogP contribution in [0.4, 0.5) is 0 Å².